The van der Waals surface area contributed by atoms with Crippen LogP contribution in [0.2, 0.25) is 0 Å². The number of carboxylic acid groups (broad SMARTS) is 1. The van der Waals surface area contributed by atoms with E-state index in [9.17, 15) is 19.5 Å². The number of fused-ring (bicyclic) bond motifs is 1. The largest absolute Gasteiger partial charge is 0.477 e. The van der Waals surface area contributed by atoms with Crippen LogP contribution in [0.15, 0.2) is 16.7 Å². The van der Waals surface area contributed by atoms with Gasteiger partial charge >= 0.3 is 5.97 Å². The number of carbonyl (C=O) groups excluding carboxylic acids is 2. The Morgan fingerprint density at radius 3 is 2.81 bits per heavy atom. The van der Waals surface area contributed by atoms with Crippen molar-refractivity contribution >= 4 is 63.1 Å². The normalized spacial score (nSPS) is 22.4. The molecule has 0 aliphatic carbocycles. The molecule has 16 heteroatoms. The quantitative estimate of drug-likeness (QED) is 0.183. The fourth-order valence-corrected chi connectivity index (χ4v) is 5.87. The van der Waals surface area contributed by atoms with Crippen molar-refractivity contribution in [2.75, 3.05) is 18.6 Å². The van der Waals surface area contributed by atoms with Crippen LogP contribution in [-0.2, 0) is 32.6 Å². The molecule has 0 spiro atoms. The van der Waals surface area contributed by atoms with Crippen LogP contribution >= 0.6 is 35.3 Å². The van der Waals surface area contributed by atoms with Crippen molar-refractivity contribution in [1.29, 1.82) is 0 Å². The van der Waals surface area contributed by atoms with Crippen LogP contribution in [-0.4, -0.2) is 81.8 Å². The second-order valence-electron chi connectivity index (χ2n) is 6.77. The Kier molecular flexibility index (Phi) is 5.70. The summed E-state index contributed by atoms with van der Waals surface area (Å²) < 4.78 is 6.73. The van der Waals surface area contributed by atoms with E-state index < -0.39 is 28.9 Å². The molecule has 4 rings (SSSR count). The highest BCUT2D eigenvalue weighted by molar-refractivity contribution is 8.00. The molecule has 1 fully saturated rings. The predicted octanol–water partition coefficient (Wildman–Crippen LogP) is -1.08. The first-order chi connectivity index (χ1) is 15.2. The number of β-lactam (4-membered cyclic amide) rings is 1. The first-order valence-electron chi connectivity index (χ1n) is 8.94. The molecule has 32 heavy (non-hydrogen) atoms. The lowest BCUT2D eigenvalue weighted by Gasteiger charge is -2.55. The number of aromatic nitrogens is 5. The third-order valence-electron chi connectivity index (χ3n) is 4.89. The summed E-state index contributed by atoms with van der Waals surface area (Å²) in [6.45, 7) is 0. The molecule has 0 aromatic carbocycles. The number of hydrogen-bond acceptors (Lipinski definition) is 12. The van der Waals surface area contributed by atoms with Crippen LogP contribution in [0, 0.1) is 0 Å². The summed E-state index contributed by atoms with van der Waals surface area (Å²) in [5.41, 5.74) is 4.25. The van der Waals surface area contributed by atoms with Crippen molar-refractivity contribution in [3.05, 3.63) is 28.2 Å². The molecule has 13 nitrogen and oxygen atoms in total. The highest BCUT2D eigenvalue weighted by Gasteiger charge is 2.66. The number of aryl methyl sites for hydroxylation is 1. The Morgan fingerprint density at radius 2 is 2.25 bits per heavy atom. The van der Waals surface area contributed by atoms with E-state index in [1.165, 1.54) is 34.9 Å². The molecule has 4 heterocycles. The number of nitrogens with two attached hydrogens (primary N) is 1. The molecule has 1 saturated heterocycles. The van der Waals surface area contributed by atoms with Gasteiger partial charge in [0.05, 0.1) is 17.0 Å². The zero-order chi connectivity index (χ0) is 23.2. The van der Waals surface area contributed by atoms with Crippen LogP contribution in [0.1, 0.15) is 11.5 Å². The Balaban J connectivity index is 1.61. The van der Waals surface area contributed by atoms with Crippen LogP contribution in [0.3, 0.4) is 0 Å². The number of thioether (sulfide) groups is 1. The molecule has 2 atom stereocenters. The number of thiocarbonyl (C=S) groups is 1. The molecule has 2 aliphatic heterocycles. The Labute approximate surface area is 194 Å². The zero-order valence-electron chi connectivity index (χ0n) is 16.6. The number of hydrogen-bond donors (Lipinski definition) is 3. The van der Waals surface area contributed by atoms with Gasteiger partial charge in [-0.05, 0) is 10.4 Å². The predicted molar refractivity (Wildman–Crippen MR) is 116 cm³/mol. The van der Waals surface area contributed by atoms with E-state index in [1.54, 1.807) is 12.4 Å². The van der Waals surface area contributed by atoms with Gasteiger partial charge in [0.15, 0.2) is 11.0 Å². The molecule has 0 unspecified atom stereocenters. The number of anilines is 1. The molecule has 2 aromatic heterocycles. The topological polar surface area (TPSA) is 178 Å². The van der Waals surface area contributed by atoms with Crippen LogP contribution in [0.25, 0.3) is 0 Å². The molecule has 4 N–H and O–H groups in total. The number of thiazole rings is 1. The molecule has 2 amide bonds. The summed E-state index contributed by atoms with van der Waals surface area (Å²) in [5.74, 6) is -2.24. The number of aliphatic carboxylic acids is 1. The van der Waals surface area contributed by atoms with E-state index >= 15 is 0 Å². The molecular weight excluding hydrogens is 480 g/mol. The number of carbonyl (C=O) groups is 3. The van der Waals surface area contributed by atoms with E-state index in [-0.39, 0.29) is 34.1 Å². The number of nitrogen functional groups attached to an aromatic ring is 1. The number of methoxy groups -OCH3 is 1. The summed E-state index contributed by atoms with van der Waals surface area (Å²) >= 11 is 7.81. The summed E-state index contributed by atoms with van der Waals surface area (Å²) in [4.78, 5) is 43.0. The molecule has 0 bridgehead atoms. The molecule has 2 aromatic rings. The van der Waals surface area contributed by atoms with Crippen molar-refractivity contribution in [2.45, 2.75) is 17.5 Å². The van der Waals surface area contributed by atoms with E-state index in [0.29, 0.717) is 10.8 Å². The summed E-state index contributed by atoms with van der Waals surface area (Å²) in [6, 6.07) is 0. The lowest BCUT2D eigenvalue weighted by molar-refractivity contribution is -0.192. The van der Waals surface area contributed by atoms with Crippen molar-refractivity contribution in [1.82, 2.24) is 35.4 Å². The molecule has 0 radical (unpaired) electrons. The average molecular weight is 497 g/mol. The minimum Gasteiger partial charge on any atom is -0.477 e. The number of tetrazole rings is 1. The Morgan fingerprint density at radius 1 is 1.50 bits per heavy atom. The first kappa shape index (κ1) is 22.3. The van der Waals surface area contributed by atoms with E-state index in [1.807, 2.05) is 0 Å². The second kappa shape index (κ2) is 8.19. The van der Waals surface area contributed by atoms with Gasteiger partial charge in [0, 0.05) is 30.9 Å². The van der Waals surface area contributed by atoms with Crippen LogP contribution in [0.4, 0.5) is 5.13 Å². The van der Waals surface area contributed by atoms with Gasteiger partial charge in [-0.1, -0.05) is 12.2 Å². The van der Waals surface area contributed by atoms with E-state index in [2.05, 4.69) is 25.8 Å². The average Bonchev–Trinajstić information content (AvgIpc) is 3.37. The molecule has 2 aliphatic rings. The summed E-state index contributed by atoms with van der Waals surface area (Å²) in [6.07, 6.45) is -0.112. The number of nitrogens with one attached hydrogen (secondary N) is 1. The monoisotopic (exact) mass is 496 g/mol. The van der Waals surface area contributed by atoms with Gasteiger partial charge in [-0.25, -0.2) is 14.5 Å². The van der Waals surface area contributed by atoms with Crippen molar-refractivity contribution in [3.8, 4) is 0 Å². The van der Waals surface area contributed by atoms with E-state index in [0.717, 1.165) is 4.90 Å². The lowest BCUT2D eigenvalue weighted by atomic mass is 9.97. The summed E-state index contributed by atoms with van der Waals surface area (Å²) in [5, 5.41) is 24.6. The number of carboxylic acids is 1. The van der Waals surface area contributed by atoms with Gasteiger partial charge in [-0.15, -0.1) is 28.2 Å². The van der Waals surface area contributed by atoms with Gasteiger partial charge in [-0.2, -0.15) is 0 Å². The maximum atomic E-state index is 13.1. The SMILES string of the molecule is CO[C@@]1(NC(=O)Cc2csc(N)n2)C(=O)N2C(C(=O)O)=C(C(=S)c3nnnn3C)CS[C@H]21. The summed E-state index contributed by atoms with van der Waals surface area (Å²) in [7, 11) is 2.84. The zero-order valence-corrected chi connectivity index (χ0v) is 19.1. The smallest absolute Gasteiger partial charge is 0.353 e. The third-order valence-corrected chi connectivity index (χ3v) is 7.35. The van der Waals surface area contributed by atoms with Gasteiger partial charge in [-0.3, -0.25) is 14.5 Å². The highest BCUT2D eigenvalue weighted by Crippen LogP contribution is 2.47. The highest BCUT2D eigenvalue weighted by atomic mass is 32.2. The Hall–Kier alpha value is -2.95. The Bertz CT molecular complexity index is 1180. The van der Waals surface area contributed by atoms with Crippen LogP contribution < -0.4 is 11.1 Å². The van der Waals surface area contributed by atoms with Crippen LogP contribution in [0.5, 0.6) is 0 Å². The number of amides is 2. The van der Waals surface area contributed by atoms with Gasteiger partial charge in [0.2, 0.25) is 5.91 Å². The fourth-order valence-electron chi connectivity index (χ4n) is 3.43. The standard InChI is InChI=1S/C16H16N8O5S3/c1-23-11(20-21-22-23)10(30)7-5-31-14-16(29-2,13(28)24(14)9(7)12(26)27)19-8(25)3-6-4-32-15(17)18-6/h4,14H,3,5H2,1-2H3,(H2,17,18)(H,19,25)(H,26,27)/t14-,16-/m0/s1. The minimum atomic E-state index is -1.72. The maximum Gasteiger partial charge on any atom is 0.353 e. The molecule has 0 saturated carbocycles. The maximum absolute atomic E-state index is 13.1. The van der Waals surface area contributed by atoms with Crippen molar-refractivity contribution < 1.29 is 24.2 Å². The van der Waals surface area contributed by atoms with Gasteiger partial charge in [0.1, 0.15) is 11.1 Å². The van der Waals surface area contributed by atoms with Crippen molar-refractivity contribution in [2.24, 2.45) is 7.05 Å². The third kappa shape index (κ3) is 3.44. The van der Waals surface area contributed by atoms with Crippen molar-refractivity contribution in [3.63, 3.8) is 0 Å². The van der Waals surface area contributed by atoms with Gasteiger partial charge in [0.25, 0.3) is 11.6 Å². The van der Waals surface area contributed by atoms with Gasteiger partial charge < -0.3 is 20.9 Å². The second-order valence-corrected chi connectivity index (χ2v) is 9.13. The lowest BCUT2D eigenvalue weighted by Crippen LogP contribution is -2.80. The molecule has 168 valence electrons. The number of rotatable bonds is 7. The molecular formula is C16H16N8O5S3. The number of nitrogens with zero attached hydrogens (tertiary/aromatic N) is 6. The minimum absolute atomic E-state index is 0.112. The van der Waals surface area contributed by atoms with E-state index in [4.69, 9.17) is 22.7 Å². The number of ether oxygens (including phenoxy) is 1. The fraction of sp³-hybridized carbons (Fsp3) is 0.375. The first-order valence-corrected chi connectivity index (χ1v) is 11.3.